The summed E-state index contributed by atoms with van der Waals surface area (Å²) in [5, 5.41) is 24.1. The molecule has 0 saturated heterocycles. The van der Waals surface area contributed by atoms with Gasteiger partial charge in [0.2, 0.25) is 0 Å². The molecule has 0 radical (unpaired) electrons. The van der Waals surface area contributed by atoms with Gasteiger partial charge in [-0.1, -0.05) is 26.0 Å². The maximum atomic E-state index is 14.3. The molecule has 9 heteroatoms. The number of hydrogen-bond acceptors (Lipinski definition) is 5. The van der Waals surface area contributed by atoms with Gasteiger partial charge in [0.05, 0.1) is 11.6 Å². The van der Waals surface area contributed by atoms with Crippen LogP contribution in [0.3, 0.4) is 0 Å². The summed E-state index contributed by atoms with van der Waals surface area (Å²) in [7, 11) is 0. The minimum absolute atomic E-state index is 0.106. The highest BCUT2D eigenvalue weighted by atomic mass is 32.2. The van der Waals surface area contributed by atoms with E-state index in [4.69, 9.17) is 0 Å². The molecule has 0 spiro atoms. The summed E-state index contributed by atoms with van der Waals surface area (Å²) in [6.45, 7) is 5.26. The molecule has 0 aliphatic heterocycles. The van der Waals surface area contributed by atoms with Crippen molar-refractivity contribution in [2.24, 2.45) is 0 Å². The van der Waals surface area contributed by atoms with E-state index in [0.717, 1.165) is 35.7 Å². The summed E-state index contributed by atoms with van der Waals surface area (Å²) in [5.41, 5.74) is -1.68. The van der Waals surface area contributed by atoms with Crippen molar-refractivity contribution in [1.29, 1.82) is 0 Å². The smallest absolute Gasteiger partial charge is 0.420 e. The number of anilines is 1. The Morgan fingerprint density at radius 2 is 1.81 bits per heavy atom. The molecule has 172 valence electrons. The lowest BCUT2D eigenvalue weighted by molar-refractivity contribution is -0.256. The number of hydrogen-bond donors (Lipinski definition) is 3. The fraction of sp³-hybridized carbons (Fsp3) is 0.348. The number of phenols is 1. The Labute approximate surface area is 187 Å². The molecule has 0 bridgehead atoms. The number of thioether (sulfide) groups is 1. The largest absolute Gasteiger partial charge is 0.505 e. The fourth-order valence-corrected chi connectivity index (χ4v) is 4.27. The third kappa shape index (κ3) is 4.94. The number of aliphatic hydroxyl groups is 1. The molecular formula is C23H24F4N2O2S. The molecule has 32 heavy (non-hydrogen) atoms. The van der Waals surface area contributed by atoms with Crippen LogP contribution in [0.2, 0.25) is 0 Å². The first kappa shape index (κ1) is 24.1. The van der Waals surface area contributed by atoms with Crippen LogP contribution in [-0.2, 0) is 0 Å². The van der Waals surface area contributed by atoms with Crippen LogP contribution in [-0.4, -0.2) is 38.0 Å². The van der Waals surface area contributed by atoms with Crippen LogP contribution in [0, 0.1) is 12.7 Å². The Hall–Kier alpha value is -2.52. The third-order valence-corrected chi connectivity index (χ3v) is 6.35. The molecule has 1 aromatic heterocycles. The standard InChI is InChI=1S/C23H24F4N2O2S/c1-13(2)32-12-22(31,23(25,26)27)21(15-8-10-17(24)20(30)11-15)29-19-6-4-5-18-16(19)9-7-14(3)28-18/h4-11,13,21,29-31H,12H2,1-3H3. The van der Waals surface area contributed by atoms with Gasteiger partial charge >= 0.3 is 6.18 Å². The second-order valence-electron chi connectivity index (χ2n) is 7.89. The van der Waals surface area contributed by atoms with Crippen LogP contribution in [0.25, 0.3) is 10.9 Å². The summed E-state index contributed by atoms with van der Waals surface area (Å²) in [6, 6.07) is 9.59. The molecule has 3 N–H and O–H groups in total. The number of rotatable bonds is 7. The van der Waals surface area contributed by atoms with Gasteiger partial charge in [0.1, 0.15) is 0 Å². The summed E-state index contributed by atoms with van der Waals surface area (Å²) in [5.74, 6) is -2.43. The number of nitrogens with one attached hydrogen (secondary N) is 1. The van der Waals surface area contributed by atoms with Gasteiger partial charge in [0, 0.05) is 22.5 Å². The van der Waals surface area contributed by atoms with Crippen molar-refractivity contribution in [2.75, 3.05) is 11.1 Å². The molecule has 2 atom stereocenters. The number of phenolic OH excluding ortho intramolecular Hbond substituents is 1. The molecular weight excluding hydrogens is 444 g/mol. The number of pyridine rings is 1. The predicted octanol–water partition coefficient (Wildman–Crippen LogP) is 5.98. The molecule has 4 nitrogen and oxygen atoms in total. The number of fused-ring (bicyclic) bond motifs is 1. The number of aromatic hydroxyl groups is 1. The predicted molar refractivity (Wildman–Crippen MR) is 120 cm³/mol. The summed E-state index contributed by atoms with van der Waals surface area (Å²) < 4.78 is 56.5. The topological polar surface area (TPSA) is 65.4 Å². The van der Waals surface area contributed by atoms with E-state index >= 15 is 0 Å². The number of alkyl halides is 3. The van der Waals surface area contributed by atoms with E-state index in [2.05, 4.69) is 10.3 Å². The molecule has 2 aromatic carbocycles. The molecule has 3 aromatic rings. The van der Waals surface area contributed by atoms with Crippen molar-refractivity contribution in [3.05, 3.63) is 65.6 Å². The first-order valence-corrected chi connectivity index (χ1v) is 11.0. The molecule has 2 unspecified atom stereocenters. The first-order valence-electron chi connectivity index (χ1n) is 9.94. The van der Waals surface area contributed by atoms with Crippen LogP contribution in [0.15, 0.2) is 48.5 Å². The molecule has 0 aliphatic carbocycles. The van der Waals surface area contributed by atoms with Gasteiger partial charge in [-0.25, -0.2) is 4.39 Å². The third-order valence-electron chi connectivity index (χ3n) is 5.08. The summed E-state index contributed by atoms with van der Waals surface area (Å²) in [4.78, 5) is 4.39. The van der Waals surface area contributed by atoms with E-state index in [-0.39, 0.29) is 10.8 Å². The highest BCUT2D eigenvalue weighted by Gasteiger charge is 2.59. The fourth-order valence-electron chi connectivity index (χ4n) is 3.35. The van der Waals surface area contributed by atoms with E-state index in [9.17, 15) is 27.8 Å². The highest BCUT2D eigenvalue weighted by Crippen LogP contribution is 2.45. The van der Waals surface area contributed by atoms with Crippen LogP contribution < -0.4 is 5.32 Å². The normalized spacial score (nSPS) is 15.0. The number of aromatic nitrogens is 1. The van der Waals surface area contributed by atoms with Gasteiger partial charge in [0.15, 0.2) is 17.2 Å². The zero-order valence-corrected chi connectivity index (χ0v) is 18.6. The van der Waals surface area contributed by atoms with Gasteiger partial charge in [-0.15, -0.1) is 0 Å². The Balaban J connectivity index is 2.17. The van der Waals surface area contributed by atoms with Crippen molar-refractivity contribution in [1.82, 2.24) is 4.98 Å². The molecule has 0 fully saturated rings. The van der Waals surface area contributed by atoms with E-state index < -0.39 is 35.1 Å². The van der Waals surface area contributed by atoms with Gasteiger partial charge < -0.3 is 15.5 Å². The average Bonchev–Trinajstić information content (AvgIpc) is 2.71. The zero-order chi connectivity index (χ0) is 23.7. The van der Waals surface area contributed by atoms with Crippen LogP contribution in [0.4, 0.5) is 23.2 Å². The van der Waals surface area contributed by atoms with Crippen molar-refractivity contribution >= 4 is 28.4 Å². The van der Waals surface area contributed by atoms with Crippen molar-refractivity contribution < 1.29 is 27.8 Å². The van der Waals surface area contributed by atoms with E-state index in [1.54, 1.807) is 51.1 Å². The number of nitrogens with zero attached hydrogens (tertiary/aromatic N) is 1. The minimum atomic E-state index is -5.02. The van der Waals surface area contributed by atoms with E-state index in [1.165, 1.54) is 0 Å². The molecule has 3 rings (SSSR count). The quantitative estimate of drug-likeness (QED) is 0.373. The maximum absolute atomic E-state index is 14.3. The molecule has 1 heterocycles. The summed E-state index contributed by atoms with van der Waals surface area (Å²) >= 11 is 0.953. The van der Waals surface area contributed by atoms with Crippen LogP contribution in [0.1, 0.15) is 31.1 Å². The Morgan fingerprint density at radius 3 is 2.44 bits per heavy atom. The lowest BCUT2D eigenvalue weighted by Crippen LogP contribution is -2.54. The van der Waals surface area contributed by atoms with Gasteiger partial charge in [-0.2, -0.15) is 24.9 Å². The van der Waals surface area contributed by atoms with Crippen molar-refractivity contribution in [2.45, 2.75) is 43.8 Å². The SMILES string of the molecule is Cc1ccc2c(NC(c3ccc(F)c(O)c3)C(O)(CSC(C)C)C(F)(F)F)cccc2n1. The average molecular weight is 469 g/mol. The van der Waals surface area contributed by atoms with Gasteiger partial charge in [-0.05, 0) is 54.1 Å². The Kier molecular flexibility index (Phi) is 6.90. The number of aryl methyl sites for hydroxylation is 1. The number of benzene rings is 2. The van der Waals surface area contributed by atoms with E-state index in [0.29, 0.717) is 16.6 Å². The minimum Gasteiger partial charge on any atom is -0.505 e. The zero-order valence-electron chi connectivity index (χ0n) is 17.7. The lowest BCUT2D eigenvalue weighted by atomic mass is 9.88. The first-order chi connectivity index (χ1) is 14.9. The van der Waals surface area contributed by atoms with E-state index in [1.807, 2.05) is 0 Å². The van der Waals surface area contributed by atoms with Crippen LogP contribution in [0.5, 0.6) is 5.75 Å². The Bertz CT molecular complexity index is 1110. The maximum Gasteiger partial charge on any atom is 0.420 e. The highest BCUT2D eigenvalue weighted by molar-refractivity contribution is 7.99. The Morgan fingerprint density at radius 1 is 1.09 bits per heavy atom. The number of halogens is 4. The summed E-state index contributed by atoms with van der Waals surface area (Å²) in [6.07, 6.45) is -5.02. The molecule has 0 amide bonds. The van der Waals surface area contributed by atoms with Gasteiger partial charge in [-0.3, -0.25) is 4.98 Å². The lowest BCUT2D eigenvalue weighted by Gasteiger charge is -2.39. The van der Waals surface area contributed by atoms with Crippen LogP contribution >= 0.6 is 11.8 Å². The van der Waals surface area contributed by atoms with Crippen molar-refractivity contribution in [3.8, 4) is 5.75 Å². The molecule has 0 saturated carbocycles. The molecule has 0 aliphatic rings. The monoisotopic (exact) mass is 468 g/mol. The van der Waals surface area contributed by atoms with Crippen molar-refractivity contribution in [3.63, 3.8) is 0 Å². The second kappa shape index (κ2) is 9.15. The van der Waals surface area contributed by atoms with Gasteiger partial charge in [0.25, 0.3) is 0 Å². The second-order valence-corrected chi connectivity index (χ2v) is 9.46.